The fraction of sp³-hybridized carbons (Fsp3) is 0.556. The van der Waals surface area contributed by atoms with Gasteiger partial charge in [-0.1, -0.05) is 11.8 Å². The molecule has 1 aromatic rings. The fourth-order valence-electron chi connectivity index (χ4n) is 1.03. The molecule has 5 nitrogen and oxygen atoms in total. The monoisotopic (exact) mass is 227 g/mol. The van der Waals surface area contributed by atoms with Crippen molar-refractivity contribution in [3.8, 4) is 0 Å². The third kappa shape index (κ3) is 4.35. The molecule has 0 radical (unpaired) electrons. The van der Waals surface area contributed by atoms with Gasteiger partial charge in [-0.15, -0.1) is 0 Å². The van der Waals surface area contributed by atoms with Gasteiger partial charge in [0.15, 0.2) is 5.16 Å². The van der Waals surface area contributed by atoms with E-state index in [9.17, 15) is 0 Å². The van der Waals surface area contributed by atoms with Gasteiger partial charge in [0.05, 0.1) is 0 Å². The van der Waals surface area contributed by atoms with Gasteiger partial charge in [0, 0.05) is 19.2 Å². The first-order chi connectivity index (χ1) is 7.11. The molecule has 1 aromatic heterocycles. The molecule has 0 saturated carbocycles. The van der Waals surface area contributed by atoms with Crippen molar-refractivity contribution in [2.75, 3.05) is 44.5 Å². The van der Waals surface area contributed by atoms with Crippen molar-refractivity contribution < 1.29 is 0 Å². The Kier molecular flexibility index (Phi) is 4.64. The van der Waals surface area contributed by atoms with Crippen LogP contribution in [0.5, 0.6) is 0 Å². The number of nitrogens with zero attached hydrogens (tertiary/aromatic N) is 3. The lowest BCUT2D eigenvalue weighted by Crippen LogP contribution is -2.21. The Morgan fingerprint density at radius 1 is 1.47 bits per heavy atom. The molecule has 0 unspecified atom stereocenters. The maximum Gasteiger partial charge on any atom is 0.191 e. The first kappa shape index (κ1) is 12.1. The smallest absolute Gasteiger partial charge is 0.191 e. The van der Waals surface area contributed by atoms with Gasteiger partial charge in [-0.2, -0.15) is 0 Å². The molecule has 1 rings (SSSR count). The van der Waals surface area contributed by atoms with Crippen LogP contribution in [0.15, 0.2) is 11.2 Å². The average molecular weight is 227 g/mol. The number of aromatic nitrogens is 2. The average Bonchev–Trinajstić information content (AvgIpc) is 2.16. The van der Waals surface area contributed by atoms with E-state index >= 15 is 0 Å². The van der Waals surface area contributed by atoms with Gasteiger partial charge in [-0.05, 0) is 20.4 Å². The minimum Gasteiger partial charge on any atom is -0.383 e. The lowest BCUT2D eigenvalue weighted by atomic mass is 10.5. The summed E-state index contributed by atoms with van der Waals surface area (Å²) in [4.78, 5) is 10.5. The van der Waals surface area contributed by atoms with Gasteiger partial charge in [-0.25, -0.2) is 9.97 Å². The first-order valence-electron chi connectivity index (χ1n) is 4.69. The number of rotatable bonds is 5. The number of nitrogens with two attached hydrogens (primary N) is 1. The second kappa shape index (κ2) is 5.77. The molecule has 0 aliphatic heterocycles. The molecule has 0 aliphatic carbocycles. The van der Waals surface area contributed by atoms with Crippen LogP contribution in [0.2, 0.25) is 0 Å². The van der Waals surface area contributed by atoms with Gasteiger partial charge in [-0.3, -0.25) is 0 Å². The highest BCUT2D eigenvalue weighted by atomic mass is 32.2. The van der Waals surface area contributed by atoms with E-state index < -0.39 is 0 Å². The number of thioether (sulfide) groups is 1. The second-order valence-corrected chi connectivity index (χ2v) is 4.17. The molecule has 0 spiro atoms. The quantitative estimate of drug-likeness (QED) is 0.571. The summed E-state index contributed by atoms with van der Waals surface area (Å²) < 4.78 is 0. The SMILES string of the molecule is CSc1nc(N)cc(NCCN(C)C)n1. The van der Waals surface area contributed by atoms with E-state index in [2.05, 4.69) is 20.2 Å². The van der Waals surface area contributed by atoms with Crippen molar-refractivity contribution in [3.05, 3.63) is 6.07 Å². The Hall–Kier alpha value is -1.01. The van der Waals surface area contributed by atoms with Crippen LogP contribution in [0.4, 0.5) is 11.6 Å². The summed E-state index contributed by atoms with van der Waals surface area (Å²) in [6.45, 7) is 1.80. The zero-order valence-corrected chi connectivity index (χ0v) is 10.1. The van der Waals surface area contributed by atoms with Crippen molar-refractivity contribution >= 4 is 23.4 Å². The molecular formula is C9H17N5S. The van der Waals surface area contributed by atoms with Crippen molar-refractivity contribution in [2.24, 2.45) is 0 Å². The summed E-state index contributed by atoms with van der Waals surface area (Å²) in [6.07, 6.45) is 1.93. The summed E-state index contributed by atoms with van der Waals surface area (Å²) in [5, 5.41) is 3.90. The summed E-state index contributed by atoms with van der Waals surface area (Å²) >= 11 is 1.48. The summed E-state index contributed by atoms with van der Waals surface area (Å²) in [5.74, 6) is 1.29. The second-order valence-electron chi connectivity index (χ2n) is 3.39. The lowest BCUT2D eigenvalue weighted by molar-refractivity contribution is 0.425. The van der Waals surface area contributed by atoms with Crippen molar-refractivity contribution in [1.82, 2.24) is 14.9 Å². The normalized spacial score (nSPS) is 10.7. The van der Waals surface area contributed by atoms with Crippen LogP contribution < -0.4 is 11.1 Å². The lowest BCUT2D eigenvalue weighted by Gasteiger charge is -2.11. The number of nitrogens with one attached hydrogen (secondary N) is 1. The van der Waals surface area contributed by atoms with Gasteiger partial charge >= 0.3 is 0 Å². The van der Waals surface area contributed by atoms with Gasteiger partial charge in [0.25, 0.3) is 0 Å². The highest BCUT2D eigenvalue weighted by molar-refractivity contribution is 7.98. The van der Waals surface area contributed by atoms with Gasteiger partial charge in [0.2, 0.25) is 0 Å². The molecule has 0 saturated heterocycles. The van der Waals surface area contributed by atoms with E-state index in [0.29, 0.717) is 11.0 Å². The standard InChI is InChI=1S/C9H17N5S/c1-14(2)5-4-11-8-6-7(10)12-9(13-8)15-3/h6H,4-5H2,1-3H3,(H3,10,11,12,13). The molecule has 0 atom stereocenters. The van der Waals surface area contributed by atoms with Crippen LogP contribution in [0.1, 0.15) is 0 Å². The van der Waals surface area contributed by atoms with E-state index in [-0.39, 0.29) is 0 Å². The number of nitrogen functional groups attached to an aromatic ring is 1. The van der Waals surface area contributed by atoms with Gasteiger partial charge in [0.1, 0.15) is 11.6 Å². The Morgan fingerprint density at radius 3 is 2.80 bits per heavy atom. The Bertz CT molecular complexity index is 315. The number of hydrogen-bond donors (Lipinski definition) is 2. The fourth-order valence-corrected chi connectivity index (χ4v) is 1.42. The minimum atomic E-state index is 0.502. The van der Waals surface area contributed by atoms with Gasteiger partial charge < -0.3 is 16.0 Å². The maximum atomic E-state index is 5.65. The zero-order valence-electron chi connectivity index (χ0n) is 9.32. The van der Waals surface area contributed by atoms with Crippen molar-refractivity contribution in [1.29, 1.82) is 0 Å². The third-order valence-electron chi connectivity index (χ3n) is 1.77. The van der Waals surface area contributed by atoms with E-state index in [0.717, 1.165) is 18.9 Å². The summed E-state index contributed by atoms with van der Waals surface area (Å²) in [6, 6.07) is 1.75. The van der Waals surface area contributed by atoms with E-state index in [1.807, 2.05) is 20.4 Å². The maximum absolute atomic E-state index is 5.65. The van der Waals surface area contributed by atoms with Crippen LogP contribution in [0.25, 0.3) is 0 Å². The Balaban J connectivity index is 2.56. The molecule has 0 bridgehead atoms. The van der Waals surface area contributed by atoms with Crippen LogP contribution in [-0.4, -0.2) is 48.3 Å². The molecule has 84 valence electrons. The molecule has 1 heterocycles. The zero-order chi connectivity index (χ0) is 11.3. The molecule has 0 amide bonds. The summed E-state index contributed by atoms with van der Waals surface area (Å²) in [7, 11) is 4.06. The highest BCUT2D eigenvalue weighted by Crippen LogP contribution is 2.14. The van der Waals surface area contributed by atoms with Crippen LogP contribution >= 0.6 is 11.8 Å². The molecule has 0 aliphatic rings. The molecular weight excluding hydrogens is 210 g/mol. The predicted molar refractivity (Wildman–Crippen MR) is 65.3 cm³/mol. The Labute approximate surface area is 94.5 Å². The minimum absolute atomic E-state index is 0.502. The van der Waals surface area contributed by atoms with Crippen LogP contribution in [0.3, 0.4) is 0 Å². The third-order valence-corrected chi connectivity index (χ3v) is 2.32. The van der Waals surface area contributed by atoms with Crippen LogP contribution in [0, 0.1) is 0 Å². The van der Waals surface area contributed by atoms with Crippen molar-refractivity contribution in [2.45, 2.75) is 5.16 Å². The number of anilines is 2. The number of hydrogen-bond acceptors (Lipinski definition) is 6. The molecule has 15 heavy (non-hydrogen) atoms. The molecule has 6 heteroatoms. The topological polar surface area (TPSA) is 67.1 Å². The predicted octanol–water partition coefficient (Wildman–Crippen LogP) is 0.754. The van der Waals surface area contributed by atoms with Crippen LogP contribution in [-0.2, 0) is 0 Å². The first-order valence-corrected chi connectivity index (χ1v) is 5.91. The Morgan fingerprint density at radius 2 is 2.20 bits per heavy atom. The molecule has 3 N–H and O–H groups in total. The highest BCUT2D eigenvalue weighted by Gasteiger charge is 2.00. The van der Waals surface area contributed by atoms with E-state index in [1.54, 1.807) is 6.07 Å². The van der Waals surface area contributed by atoms with Crippen molar-refractivity contribution in [3.63, 3.8) is 0 Å². The summed E-state index contributed by atoms with van der Waals surface area (Å²) in [5.41, 5.74) is 5.65. The largest absolute Gasteiger partial charge is 0.383 e. The number of likely N-dealkylation sites (N-methyl/N-ethyl adjacent to an activating group) is 1. The van der Waals surface area contributed by atoms with E-state index in [4.69, 9.17) is 5.73 Å². The van der Waals surface area contributed by atoms with E-state index in [1.165, 1.54) is 11.8 Å². The molecule has 0 aromatic carbocycles. The molecule has 0 fully saturated rings.